The fraction of sp³-hybridized carbons (Fsp3) is 0.500. The fourth-order valence-corrected chi connectivity index (χ4v) is 6.75. The molecule has 0 atom stereocenters. The summed E-state index contributed by atoms with van der Waals surface area (Å²) >= 11 is 0. The van der Waals surface area contributed by atoms with Gasteiger partial charge in [-0.05, 0) is 43.5 Å². The third-order valence-corrected chi connectivity index (χ3v) is 9.08. The van der Waals surface area contributed by atoms with Gasteiger partial charge < -0.3 is 19.3 Å². The normalized spacial score (nSPS) is 19.7. The van der Waals surface area contributed by atoms with Gasteiger partial charge in [0.1, 0.15) is 4.90 Å². The third kappa shape index (κ3) is 5.83. The molecular weight excluding hydrogens is 510 g/mol. The molecule has 0 bridgehead atoms. The van der Waals surface area contributed by atoms with E-state index in [2.05, 4.69) is 9.89 Å². The maximum Gasteiger partial charge on any atom is 0.270 e. The van der Waals surface area contributed by atoms with Crippen molar-refractivity contribution >= 4 is 39.0 Å². The van der Waals surface area contributed by atoms with Gasteiger partial charge in [-0.2, -0.15) is 4.31 Å². The van der Waals surface area contributed by atoms with Crippen LogP contribution >= 0.6 is 0 Å². The van der Waals surface area contributed by atoms with E-state index in [9.17, 15) is 18.5 Å². The molecule has 3 saturated heterocycles. The highest BCUT2D eigenvalue weighted by Gasteiger charge is 2.31. The summed E-state index contributed by atoms with van der Waals surface area (Å²) in [6.07, 6.45) is 4.91. The molecule has 0 spiro atoms. The lowest BCUT2D eigenvalue weighted by Crippen LogP contribution is -2.42. The molecule has 5 rings (SSSR count). The van der Waals surface area contributed by atoms with Gasteiger partial charge in [0.15, 0.2) is 0 Å². The molecule has 0 unspecified atom stereocenters. The molecule has 0 N–H and O–H groups in total. The predicted octanol–water partition coefficient (Wildman–Crippen LogP) is 3.19. The van der Waals surface area contributed by atoms with E-state index >= 15 is 0 Å². The predicted molar refractivity (Wildman–Crippen MR) is 145 cm³/mol. The van der Waals surface area contributed by atoms with Crippen molar-refractivity contribution in [1.29, 1.82) is 0 Å². The molecule has 0 aromatic heterocycles. The van der Waals surface area contributed by atoms with Crippen LogP contribution in [0.15, 0.2) is 46.3 Å². The van der Waals surface area contributed by atoms with Crippen LogP contribution in [0.4, 0.5) is 22.7 Å². The van der Waals surface area contributed by atoms with Crippen LogP contribution in [0.5, 0.6) is 0 Å². The maximum atomic E-state index is 13.7. The SMILES string of the molecule is O=[N+]([O-])c1ccc(N2CCCCC2)c(C=Nc2ccc(N3CCOCC3)c(S(=O)(=O)N3CCOCC3)c2)c1. The number of ether oxygens (including phenoxy) is 2. The van der Waals surface area contributed by atoms with E-state index < -0.39 is 14.9 Å². The third-order valence-electron chi connectivity index (χ3n) is 7.15. The summed E-state index contributed by atoms with van der Waals surface area (Å²) in [6.45, 7) is 5.33. The van der Waals surface area contributed by atoms with Crippen molar-refractivity contribution in [3.63, 3.8) is 0 Å². The van der Waals surface area contributed by atoms with Crippen LogP contribution in [-0.2, 0) is 19.5 Å². The van der Waals surface area contributed by atoms with Gasteiger partial charge in [-0.3, -0.25) is 15.1 Å². The van der Waals surface area contributed by atoms with E-state index in [-0.39, 0.29) is 10.6 Å². The van der Waals surface area contributed by atoms with E-state index in [0.717, 1.165) is 31.6 Å². The number of nitro benzene ring substituents is 1. The van der Waals surface area contributed by atoms with Crippen LogP contribution in [0.25, 0.3) is 0 Å². The van der Waals surface area contributed by atoms with Crippen LogP contribution in [0.1, 0.15) is 24.8 Å². The Hall–Kier alpha value is -3.06. The number of hydrogen-bond acceptors (Lipinski definition) is 9. The Morgan fingerprint density at radius 2 is 1.45 bits per heavy atom. The van der Waals surface area contributed by atoms with Crippen molar-refractivity contribution in [2.75, 3.05) is 75.5 Å². The Balaban J connectivity index is 1.52. The minimum absolute atomic E-state index is 0.00883. The quantitative estimate of drug-likeness (QED) is 0.297. The first kappa shape index (κ1) is 26.5. The number of piperidine rings is 1. The zero-order chi connectivity index (χ0) is 26.5. The molecule has 3 aliphatic heterocycles. The van der Waals surface area contributed by atoms with Crippen molar-refractivity contribution in [3.05, 3.63) is 52.1 Å². The number of nitrogens with zero attached hydrogens (tertiary/aromatic N) is 5. The number of nitro groups is 1. The molecule has 0 amide bonds. The van der Waals surface area contributed by atoms with E-state index in [1.165, 1.54) is 22.9 Å². The van der Waals surface area contributed by atoms with Gasteiger partial charge in [-0.25, -0.2) is 8.42 Å². The summed E-state index contributed by atoms with van der Waals surface area (Å²) in [5, 5.41) is 11.5. The smallest absolute Gasteiger partial charge is 0.270 e. The number of non-ortho nitro benzene ring substituents is 1. The number of morpholine rings is 2. The van der Waals surface area contributed by atoms with Crippen LogP contribution in [0, 0.1) is 10.1 Å². The number of hydrogen-bond donors (Lipinski definition) is 0. The second-order valence-corrected chi connectivity index (χ2v) is 11.5. The Kier molecular flexibility index (Phi) is 8.22. The summed E-state index contributed by atoms with van der Waals surface area (Å²) in [5.74, 6) is 0. The summed E-state index contributed by atoms with van der Waals surface area (Å²) in [5.41, 5.74) is 2.61. The van der Waals surface area contributed by atoms with Gasteiger partial charge in [0.05, 0.1) is 42.7 Å². The number of benzene rings is 2. The second kappa shape index (κ2) is 11.8. The molecule has 2 aromatic rings. The molecule has 3 heterocycles. The Morgan fingerprint density at radius 3 is 2.13 bits per heavy atom. The van der Waals surface area contributed by atoms with Crippen molar-refractivity contribution in [1.82, 2.24) is 4.31 Å². The van der Waals surface area contributed by atoms with Crippen molar-refractivity contribution in [2.45, 2.75) is 24.2 Å². The Bertz CT molecular complexity index is 1280. The summed E-state index contributed by atoms with van der Waals surface area (Å²) in [6, 6.07) is 10.0. The minimum atomic E-state index is -3.79. The molecule has 0 aliphatic carbocycles. The van der Waals surface area contributed by atoms with Gasteiger partial charge in [-0.1, -0.05) is 0 Å². The van der Waals surface area contributed by atoms with Gasteiger partial charge >= 0.3 is 0 Å². The topological polar surface area (TPSA) is 118 Å². The van der Waals surface area contributed by atoms with Crippen LogP contribution in [0.3, 0.4) is 0 Å². The second-order valence-electron chi connectivity index (χ2n) is 9.57. The average Bonchev–Trinajstić information content (AvgIpc) is 2.97. The average molecular weight is 544 g/mol. The van der Waals surface area contributed by atoms with Crippen LogP contribution < -0.4 is 9.80 Å². The minimum Gasteiger partial charge on any atom is -0.379 e. The zero-order valence-corrected chi connectivity index (χ0v) is 22.1. The summed E-state index contributed by atoms with van der Waals surface area (Å²) < 4.78 is 39.8. The number of rotatable bonds is 7. The van der Waals surface area contributed by atoms with Gasteiger partial charge in [-0.15, -0.1) is 0 Å². The Morgan fingerprint density at radius 1 is 0.816 bits per heavy atom. The first-order valence-corrected chi connectivity index (χ1v) is 14.5. The van der Waals surface area contributed by atoms with E-state index in [0.29, 0.717) is 69.5 Å². The molecule has 3 aliphatic rings. The standard InChI is InChI=1S/C26H33N5O6S/c32-31(33)23-5-7-24(28-8-2-1-3-9-28)21(18-23)20-27-22-4-6-25(29-10-14-36-15-11-29)26(19-22)38(34,35)30-12-16-37-17-13-30/h4-7,18-20H,1-3,8-17H2. The van der Waals surface area contributed by atoms with Crippen LogP contribution in [-0.4, -0.2) is 89.6 Å². The van der Waals surface area contributed by atoms with Crippen molar-refractivity contribution in [3.8, 4) is 0 Å². The molecule has 11 nitrogen and oxygen atoms in total. The lowest BCUT2D eigenvalue weighted by molar-refractivity contribution is -0.384. The molecule has 12 heteroatoms. The molecular formula is C26H33N5O6S. The zero-order valence-electron chi connectivity index (χ0n) is 21.3. The number of anilines is 2. The first-order valence-electron chi connectivity index (χ1n) is 13.1. The van der Waals surface area contributed by atoms with Crippen molar-refractivity contribution in [2.24, 2.45) is 4.99 Å². The number of sulfonamides is 1. The molecule has 3 fully saturated rings. The van der Waals surface area contributed by atoms with E-state index in [1.807, 2.05) is 4.90 Å². The van der Waals surface area contributed by atoms with Gasteiger partial charge in [0, 0.05) is 68.9 Å². The van der Waals surface area contributed by atoms with Gasteiger partial charge in [0.2, 0.25) is 10.0 Å². The van der Waals surface area contributed by atoms with Gasteiger partial charge in [0.25, 0.3) is 5.69 Å². The molecule has 2 aromatic carbocycles. The Labute approximate surface area is 222 Å². The monoisotopic (exact) mass is 543 g/mol. The fourth-order valence-electron chi connectivity index (χ4n) is 5.11. The summed E-state index contributed by atoms with van der Waals surface area (Å²) in [7, 11) is -3.79. The first-order chi connectivity index (χ1) is 18.4. The molecule has 38 heavy (non-hydrogen) atoms. The molecule has 0 radical (unpaired) electrons. The molecule has 0 saturated carbocycles. The van der Waals surface area contributed by atoms with Crippen LogP contribution in [0.2, 0.25) is 0 Å². The largest absolute Gasteiger partial charge is 0.379 e. The highest BCUT2D eigenvalue weighted by Crippen LogP contribution is 2.33. The number of aliphatic imine (C=N–C) groups is 1. The maximum absolute atomic E-state index is 13.7. The summed E-state index contributed by atoms with van der Waals surface area (Å²) in [4.78, 5) is 20.1. The van der Waals surface area contributed by atoms with E-state index in [1.54, 1.807) is 30.5 Å². The van der Waals surface area contributed by atoms with Crippen molar-refractivity contribution < 1.29 is 22.8 Å². The lowest BCUT2D eigenvalue weighted by Gasteiger charge is -2.32. The highest BCUT2D eigenvalue weighted by atomic mass is 32.2. The lowest BCUT2D eigenvalue weighted by atomic mass is 10.1. The highest BCUT2D eigenvalue weighted by molar-refractivity contribution is 7.89. The molecule has 204 valence electrons. The van der Waals surface area contributed by atoms with E-state index in [4.69, 9.17) is 9.47 Å².